The summed E-state index contributed by atoms with van der Waals surface area (Å²) in [7, 11) is -2.63. The van der Waals surface area contributed by atoms with Gasteiger partial charge in [0.15, 0.2) is 0 Å². The van der Waals surface area contributed by atoms with Gasteiger partial charge in [-0.3, -0.25) is 14.4 Å². The molecule has 2 N–H and O–H groups in total. The number of aromatic amines is 1. The molecule has 2 aliphatic rings. The molecular weight excluding hydrogens is 550 g/mol. The zero-order valence-electron chi connectivity index (χ0n) is 23.1. The number of carbonyl (C=O) groups excluding carboxylic acids is 4. The van der Waals surface area contributed by atoms with Gasteiger partial charge in [-0.2, -0.15) is 4.31 Å². The zero-order valence-corrected chi connectivity index (χ0v) is 23.9. The number of carbonyl (C=O) groups is 4. The van der Waals surface area contributed by atoms with Crippen LogP contribution in [0.3, 0.4) is 0 Å². The molecule has 218 valence electrons. The highest BCUT2D eigenvalue weighted by atomic mass is 32.2. The summed E-state index contributed by atoms with van der Waals surface area (Å²) < 4.78 is 31.2. The molecule has 2 amide bonds. The van der Waals surface area contributed by atoms with Crippen LogP contribution in [0.25, 0.3) is 11.0 Å². The lowest BCUT2D eigenvalue weighted by atomic mass is 10.1. The van der Waals surface area contributed by atoms with Crippen LogP contribution in [0.15, 0.2) is 54.9 Å². The number of benzene rings is 2. The van der Waals surface area contributed by atoms with E-state index in [0.29, 0.717) is 18.4 Å². The third kappa shape index (κ3) is 6.98. The van der Waals surface area contributed by atoms with E-state index in [1.165, 1.54) is 21.7 Å². The Kier molecular flexibility index (Phi) is 9.18. The number of sulfonamides is 1. The van der Waals surface area contributed by atoms with Crippen molar-refractivity contribution in [2.24, 2.45) is 0 Å². The molecule has 3 heterocycles. The lowest BCUT2D eigenvalue weighted by molar-refractivity contribution is -0.153. The van der Waals surface area contributed by atoms with Gasteiger partial charge < -0.3 is 19.9 Å². The number of Topliss-reactive ketones (excluding diaryl/α,β-unsaturated/α-hetero) is 1. The number of imidazole rings is 1. The second-order valence-electron chi connectivity index (χ2n) is 10.1. The maximum Gasteiger partial charge on any atom is 0.376 e. The molecule has 0 saturated carbocycles. The van der Waals surface area contributed by atoms with Gasteiger partial charge in [0.25, 0.3) is 5.78 Å². The summed E-state index contributed by atoms with van der Waals surface area (Å²) >= 11 is 0. The van der Waals surface area contributed by atoms with Crippen LogP contribution in [-0.2, 0) is 39.7 Å². The largest absolute Gasteiger partial charge is 0.463 e. The highest BCUT2D eigenvalue weighted by Gasteiger charge is 2.47. The minimum Gasteiger partial charge on any atom is -0.463 e. The quantitative estimate of drug-likeness (QED) is 0.311. The highest BCUT2D eigenvalue weighted by Crippen LogP contribution is 2.30. The number of methoxy groups -OCH3 is 1. The summed E-state index contributed by atoms with van der Waals surface area (Å²) in [6, 6.07) is 12.5. The summed E-state index contributed by atoms with van der Waals surface area (Å²) in [5, 5.41) is 2.45. The topological polar surface area (TPSA) is 159 Å². The predicted octanol–water partition coefficient (Wildman–Crippen LogP) is 1.31. The van der Waals surface area contributed by atoms with E-state index in [2.05, 4.69) is 39.1 Å². The number of hydrogen-bond acceptors (Lipinski definition) is 8. The first kappa shape index (κ1) is 29.9. The number of nitrogens with zero attached hydrogens (tertiary/aromatic N) is 3. The van der Waals surface area contributed by atoms with Gasteiger partial charge in [0, 0.05) is 12.6 Å². The molecule has 12 nitrogen and oxygen atoms in total. The second kappa shape index (κ2) is 12.6. The number of rotatable bonds is 7. The summed E-state index contributed by atoms with van der Waals surface area (Å²) in [6.07, 6.45) is 2.51. The Morgan fingerprint density at radius 2 is 1.88 bits per heavy atom. The number of ketones is 1. The normalized spacial score (nSPS) is 19.6. The van der Waals surface area contributed by atoms with Crippen LogP contribution in [0.1, 0.15) is 30.9 Å². The summed E-state index contributed by atoms with van der Waals surface area (Å²) in [5.74, 6) is -3.18. The van der Waals surface area contributed by atoms with Gasteiger partial charge in [0.05, 0.1) is 42.8 Å². The Hall–Kier alpha value is -4.10. The number of piperazine rings is 1. The average molecular weight is 584 g/mol. The number of nitrogens with one attached hydrogen (secondary N) is 2. The minimum atomic E-state index is -3.70. The monoisotopic (exact) mass is 583 g/mol. The molecule has 0 radical (unpaired) electrons. The van der Waals surface area contributed by atoms with E-state index < -0.39 is 51.7 Å². The smallest absolute Gasteiger partial charge is 0.376 e. The van der Waals surface area contributed by atoms with Crippen molar-refractivity contribution in [3.63, 3.8) is 0 Å². The van der Waals surface area contributed by atoms with Crippen LogP contribution >= 0.6 is 0 Å². The fourth-order valence-electron chi connectivity index (χ4n) is 5.02. The maximum atomic E-state index is 12.8. The van der Waals surface area contributed by atoms with Crippen molar-refractivity contribution in [1.29, 1.82) is 0 Å². The van der Waals surface area contributed by atoms with E-state index in [1.807, 2.05) is 6.07 Å². The molecule has 2 saturated heterocycles. The van der Waals surface area contributed by atoms with Gasteiger partial charge in [-0.05, 0) is 49.9 Å². The van der Waals surface area contributed by atoms with Gasteiger partial charge in [-0.1, -0.05) is 36.4 Å². The first-order valence-corrected chi connectivity index (χ1v) is 14.8. The van der Waals surface area contributed by atoms with Crippen LogP contribution < -0.4 is 5.32 Å². The number of amides is 2. The Morgan fingerprint density at radius 3 is 2.59 bits per heavy atom. The number of esters is 1. The van der Waals surface area contributed by atoms with Crippen molar-refractivity contribution >= 4 is 44.6 Å². The van der Waals surface area contributed by atoms with E-state index in [1.54, 1.807) is 36.7 Å². The molecule has 1 aromatic heterocycles. The van der Waals surface area contributed by atoms with Gasteiger partial charge in [-0.15, -0.1) is 0 Å². The first-order chi connectivity index (χ1) is 19.5. The zero-order chi connectivity index (χ0) is 29.7. The van der Waals surface area contributed by atoms with Crippen LogP contribution in [0.2, 0.25) is 0 Å². The van der Waals surface area contributed by atoms with E-state index >= 15 is 0 Å². The van der Waals surface area contributed by atoms with Crippen molar-refractivity contribution in [3.8, 4) is 0 Å². The van der Waals surface area contributed by atoms with Gasteiger partial charge in [0.1, 0.15) is 6.04 Å². The Balaban J connectivity index is 0.000000322. The fourth-order valence-corrected chi connectivity index (χ4v) is 6.52. The van der Waals surface area contributed by atoms with Gasteiger partial charge >= 0.3 is 5.97 Å². The minimum absolute atomic E-state index is 0.112. The van der Waals surface area contributed by atoms with Crippen LogP contribution in [0, 0.1) is 6.92 Å². The van der Waals surface area contributed by atoms with E-state index in [-0.39, 0.29) is 18.8 Å². The molecule has 2 aromatic carbocycles. The predicted molar refractivity (Wildman–Crippen MR) is 150 cm³/mol. The first-order valence-electron chi connectivity index (χ1n) is 13.2. The molecule has 0 spiro atoms. The molecule has 3 unspecified atom stereocenters. The number of aryl methyl sites for hydroxylation is 1. The number of H-pyrrole nitrogens is 1. The van der Waals surface area contributed by atoms with Gasteiger partial charge in [0.2, 0.25) is 21.8 Å². The van der Waals surface area contributed by atoms with Crippen molar-refractivity contribution < 1.29 is 32.3 Å². The fraction of sp³-hybridized carbons (Fsp3) is 0.393. The lowest BCUT2D eigenvalue weighted by Gasteiger charge is -2.38. The Bertz CT molecular complexity index is 1540. The van der Waals surface area contributed by atoms with Gasteiger partial charge in [-0.25, -0.2) is 18.2 Å². The SMILES string of the molecule is COC(=O)C(=O)C(C)NC(=O)C1CCC2CN(S(=O)(=O)Cc3ccccc3)CC(=O)N21.Cc1ccc2nc[nH]c2c1. The second-order valence-corrected chi connectivity index (χ2v) is 12.1. The van der Waals surface area contributed by atoms with E-state index in [9.17, 15) is 27.6 Å². The maximum absolute atomic E-state index is 12.8. The molecule has 13 heteroatoms. The highest BCUT2D eigenvalue weighted by molar-refractivity contribution is 7.88. The number of hydrogen-bond donors (Lipinski definition) is 2. The van der Waals surface area contributed by atoms with Crippen LogP contribution in [0.4, 0.5) is 0 Å². The van der Waals surface area contributed by atoms with Crippen molar-refractivity contribution in [2.75, 3.05) is 20.2 Å². The Labute approximate surface area is 238 Å². The van der Waals surface area contributed by atoms with E-state index in [4.69, 9.17) is 0 Å². The van der Waals surface area contributed by atoms with Crippen LogP contribution in [0.5, 0.6) is 0 Å². The molecule has 2 fully saturated rings. The summed E-state index contributed by atoms with van der Waals surface area (Å²) in [6.45, 7) is 3.20. The third-order valence-corrected chi connectivity index (χ3v) is 8.88. The summed E-state index contributed by atoms with van der Waals surface area (Å²) in [5.41, 5.74) is 4.03. The molecule has 0 aliphatic carbocycles. The molecule has 2 aliphatic heterocycles. The lowest BCUT2D eigenvalue weighted by Crippen LogP contribution is -2.60. The number of aromatic nitrogens is 2. The Morgan fingerprint density at radius 1 is 1.15 bits per heavy atom. The molecule has 3 aromatic rings. The third-order valence-electron chi connectivity index (χ3n) is 7.12. The number of fused-ring (bicyclic) bond motifs is 2. The van der Waals surface area contributed by atoms with Crippen molar-refractivity contribution in [2.45, 2.75) is 50.6 Å². The standard InChI is InChI=1S/C20H25N3O7S.C8H8N2/c1-13(18(25)20(27)30-2)21-19(26)16-9-8-15-10-22(11-17(24)23(15)16)31(28,29)12-14-6-4-3-5-7-14;1-6-2-3-7-8(4-6)10-5-9-7/h3-7,13,15-16H,8-12H2,1-2H3,(H,21,26);2-5H,1H3,(H,9,10). The molecular formula is C28H33N5O7S. The van der Waals surface area contributed by atoms with Crippen LogP contribution in [-0.4, -0.2) is 89.5 Å². The number of ether oxygens (including phenoxy) is 1. The van der Waals surface area contributed by atoms with Crippen molar-refractivity contribution in [1.82, 2.24) is 24.5 Å². The summed E-state index contributed by atoms with van der Waals surface area (Å²) in [4.78, 5) is 57.2. The molecule has 3 atom stereocenters. The van der Waals surface area contributed by atoms with Crippen molar-refractivity contribution in [3.05, 3.63) is 66.0 Å². The molecule has 0 bridgehead atoms. The average Bonchev–Trinajstić information content (AvgIpc) is 3.60. The van der Waals surface area contributed by atoms with E-state index in [0.717, 1.165) is 18.1 Å². The molecule has 41 heavy (non-hydrogen) atoms. The molecule has 5 rings (SSSR count).